The number of aromatic nitrogens is 2. The van der Waals surface area contributed by atoms with Crippen LogP contribution in [0.3, 0.4) is 0 Å². The summed E-state index contributed by atoms with van der Waals surface area (Å²) in [5, 5.41) is 8.67. The largest absolute Gasteiger partial charge is 0.481 e. The van der Waals surface area contributed by atoms with Crippen molar-refractivity contribution in [2.45, 2.75) is 6.42 Å². The number of nitrogens with zero attached hydrogens (tertiary/aromatic N) is 2. The van der Waals surface area contributed by atoms with Crippen molar-refractivity contribution in [2.75, 3.05) is 0 Å². The van der Waals surface area contributed by atoms with Gasteiger partial charge in [-0.15, -0.1) is 0 Å². The van der Waals surface area contributed by atoms with Crippen molar-refractivity contribution in [1.82, 2.24) is 9.55 Å². The van der Waals surface area contributed by atoms with Crippen molar-refractivity contribution in [3.63, 3.8) is 0 Å². The Morgan fingerprint density at radius 3 is 3.00 bits per heavy atom. The zero-order chi connectivity index (χ0) is 10.7. The Labute approximate surface area is 86.8 Å². The van der Waals surface area contributed by atoms with Gasteiger partial charge in [-0.1, -0.05) is 12.1 Å². The maximum absolute atomic E-state index is 10.5. The lowest BCUT2D eigenvalue weighted by Gasteiger charge is -2.03. The fraction of sp³-hybridized carbons (Fsp3) is 0.0909. The molecule has 4 heteroatoms. The number of carboxylic acids is 1. The van der Waals surface area contributed by atoms with Gasteiger partial charge in [0.15, 0.2) is 0 Å². The van der Waals surface area contributed by atoms with E-state index in [2.05, 4.69) is 4.98 Å². The Morgan fingerprint density at radius 2 is 2.33 bits per heavy atom. The molecule has 0 unspecified atom stereocenters. The number of hydrogen-bond donors (Lipinski definition) is 1. The number of carbonyl (C=O) groups is 1. The molecule has 76 valence electrons. The zero-order valence-corrected chi connectivity index (χ0v) is 8.00. The molecule has 1 aromatic heterocycles. The molecule has 0 fully saturated rings. The molecule has 0 saturated heterocycles. The van der Waals surface area contributed by atoms with Crippen molar-refractivity contribution >= 4 is 5.97 Å². The Morgan fingerprint density at radius 1 is 1.47 bits per heavy atom. The first kappa shape index (κ1) is 9.45. The molecule has 1 N–H and O–H groups in total. The standard InChI is InChI=1S/C11H10N2O2/c14-11(15)7-9-2-1-3-10(6-9)13-5-4-12-8-13/h1-6,8H,7H2,(H,14,15). The normalized spacial score (nSPS) is 10.1. The van der Waals surface area contributed by atoms with Gasteiger partial charge in [-0.05, 0) is 17.7 Å². The number of benzene rings is 1. The molecule has 0 atom stereocenters. The second kappa shape index (κ2) is 3.96. The van der Waals surface area contributed by atoms with Gasteiger partial charge in [0.1, 0.15) is 0 Å². The SMILES string of the molecule is O=C(O)Cc1cccc(-n2ccnc2)c1. The Hall–Kier alpha value is -2.10. The minimum atomic E-state index is -0.821. The van der Waals surface area contributed by atoms with Crippen molar-refractivity contribution < 1.29 is 9.90 Å². The number of rotatable bonds is 3. The highest BCUT2D eigenvalue weighted by Gasteiger charge is 2.01. The summed E-state index contributed by atoms with van der Waals surface area (Å²) < 4.78 is 1.84. The molecule has 15 heavy (non-hydrogen) atoms. The van der Waals surface area contributed by atoms with Crippen LogP contribution in [0.25, 0.3) is 5.69 Å². The Balaban J connectivity index is 2.31. The molecule has 0 bridgehead atoms. The fourth-order valence-corrected chi connectivity index (χ4v) is 1.41. The summed E-state index contributed by atoms with van der Waals surface area (Å²) in [7, 11) is 0. The number of hydrogen-bond acceptors (Lipinski definition) is 2. The van der Waals surface area contributed by atoms with Gasteiger partial charge in [-0.25, -0.2) is 4.98 Å². The van der Waals surface area contributed by atoms with E-state index in [-0.39, 0.29) is 6.42 Å². The van der Waals surface area contributed by atoms with Crippen LogP contribution in [0.4, 0.5) is 0 Å². The van der Waals surface area contributed by atoms with Gasteiger partial charge >= 0.3 is 5.97 Å². The third-order valence-electron chi connectivity index (χ3n) is 2.07. The molecule has 1 aromatic carbocycles. The fourth-order valence-electron chi connectivity index (χ4n) is 1.41. The van der Waals surface area contributed by atoms with E-state index in [0.29, 0.717) is 0 Å². The molecule has 0 aliphatic carbocycles. The average Bonchev–Trinajstić information content (AvgIpc) is 2.69. The molecule has 4 nitrogen and oxygen atoms in total. The van der Waals surface area contributed by atoms with E-state index in [4.69, 9.17) is 5.11 Å². The lowest BCUT2D eigenvalue weighted by atomic mass is 10.1. The second-order valence-electron chi connectivity index (χ2n) is 3.21. The quantitative estimate of drug-likeness (QED) is 0.820. The lowest BCUT2D eigenvalue weighted by molar-refractivity contribution is -0.136. The summed E-state index contributed by atoms with van der Waals surface area (Å²) >= 11 is 0. The van der Waals surface area contributed by atoms with Gasteiger partial charge in [0, 0.05) is 18.1 Å². The van der Waals surface area contributed by atoms with E-state index in [1.165, 1.54) is 0 Å². The van der Waals surface area contributed by atoms with E-state index in [1.54, 1.807) is 18.6 Å². The van der Waals surface area contributed by atoms with E-state index in [9.17, 15) is 4.79 Å². The van der Waals surface area contributed by atoms with Crippen LogP contribution in [0.5, 0.6) is 0 Å². The number of aliphatic carboxylic acids is 1. The van der Waals surface area contributed by atoms with Gasteiger partial charge in [0.2, 0.25) is 0 Å². The maximum atomic E-state index is 10.5. The number of imidazole rings is 1. The Bertz CT molecular complexity index is 463. The van der Waals surface area contributed by atoms with E-state index < -0.39 is 5.97 Å². The summed E-state index contributed by atoms with van der Waals surface area (Å²) in [6.07, 6.45) is 5.23. The molecule has 0 radical (unpaired) electrons. The molecule has 2 aromatic rings. The van der Waals surface area contributed by atoms with E-state index >= 15 is 0 Å². The molecule has 0 spiro atoms. The van der Waals surface area contributed by atoms with Crippen LogP contribution < -0.4 is 0 Å². The first-order chi connectivity index (χ1) is 7.25. The molecule has 0 aliphatic rings. The van der Waals surface area contributed by atoms with Gasteiger partial charge in [-0.3, -0.25) is 4.79 Å². The summed E-state index contributed by atoms with van der Waals surface area (Å²) in [6, 6.07) is 7.39. The second-order valence-corrected chi connectivity index (χ2v) is 3.21. The van der Waals surface area contributed by atoms with Crippen molar-refractivity contribution in [3.05, 3.63) is 48.5 Å². The van der Waals surface area contributed by atoms with Gasteiger partial charge < -0.3 is 9.67 Å². The molecule has 1 heterocycles. The maximum Gasteiger partial charge on any atom is 0.307 e. The van der Waals surface area contributed by atoms with Gasteiger partial charge in [0.25, 0.3) is 0 Å². The smallest absolute Gasteiger partial charge is 0.307 e. The van der Waals surface area contributed by atoms with Gasteiger partial charge in [-0.2, -0.15) is 0 Å². The minimum absolute atomic E-state index is 0.0442. The van der Waals surface area contributed by atoms with Crippen LogP contribution in [-0.4, -0.2) is 20.6 Å². The monoisotopic (exact) mass is 202 g/mol. The summed E-state index contributed by atoms with van der Waals surface area (Å²) in [4.78, 5) is 14.5. The third-order valence-corrected chi connectivity index (χ3v) is 2.07. The lowest BCUT2D eigenvalue weighted by Crippen LogP contribution is -2.00. The van der Waals surface area contributed by atoms with E-state index in [1.807, 2.05) is 29.0 Å². The third kappa shape index (κ3) is 2.22. The molecule has 0 saturated carbocycles. The Kier molecular flexibility index (Phi) is 2.49. The first-order valence-electron chi connectivity index (χ1n) is 4.55. The highest BCUT2D eigenvalue weighted by Crippen LogP contribution is 2.10. The molecular formula is C11H10N2O2. The molecular weight excluding hydrogens is 192 g/mol. The van der Waals surface area contributed by atoms with Gasteiger partial charge in [0.05, 0.1) is 12.7 Å². The summed E-state index contributed by atoms with van der Waals surface area (Å²) in [5.74, 6) is -0.821. The van der Waals surface area contributed by atoms with Crippen LogP contribution in [0.15, 0.2) is 43.0 Å². The zero-order valence-electron chi connectivity index (χ0n) is 8.00. The average molecular weight is 202 g/mol. The van der Waals surface area contributed by atoms with Crippen LogP contribution >= 0.6 is 0 Å². The predicted octanol–water partition coefficient (Wildman–Crippen LogP) is 1.50. The topological polar surface area (TPSA) is 55.1 Å². The predicted molar refractivity (Wildman–Crippen MR) is 54.9 cm³/mol. The number of carboxylic acid groups (broad SMARTS) is 1. The summed E-state index contributed by atoms with van der Waals surface area (Å²) in [5.41, 5.74) is 1.71. The minimum Gasteiger partial charge on any atom is -0.481 e. The molecule has 0 amide bonds. The molecule has 0 aliphatic heterocycles. The van der Waals surface area contributed by atoms with Crippen LogP contribution in [-0.2, 0) is 11.2 Å². The highest BCUT2D eigenvalue weighted by molar-refractivity contribution is 5.70. The van der Waals surface area contributed by atoms with Crippen LogP contribution in [0.1, 0.15) is 5.56 Å². The van der Waals surface area contributed by atoms with Crippen LogP contribution in [0, 0.1) is 0 Å². The molecule has 2 rings (SSSR count). The van der Waals surface area contributed by atoms with E-state index in [0.717, 1.165) is 11.3 Å². The van der Waals surface area contributed by atoms with Crippen molar-refractivity contribution in [1.29, 1.82) is 0 Å². The summed E-state index contributed by atoms with van der Waals surface area (Å²) in [6.45, 7) is 0. The highest BCUT2D eigenvalue weighted by atomic mass is 16.4. The van der Waals surface area contributed by atoms with Crippen LogP contribution in [0.2, 0.25) is 0 Å². The first-order valence-corrected chi connectivity index (χ1v) is 4.55. The van der Waals surface area contributed by atoms with Crippen molar-refractivity contribution in [3.8, 4) is 5.69 Å². The van der Waals surface area contributed by atoms with Crippen molar-refractivity contribution in [2.24, 2.45) is 0 Å².